The van der Waals surface area contributed by atoms with Gasteiger partial charge < -0.3 is 75.8 Å². The van der Waals surface area contributed by atoms with Crippen LogP contribution in [0, 0.1) is 0 Å². The number of hydrogen-bond donors (Lipinski definition) is 4. The van der Waals surface area contributed by atoms with Crippen molar-refractivity contribution in [1.29, 1.82) is 0 Å². The van der Waals surface area contributed by atoms with E-state index >= 15 is 0 Å². The molecule has 4 N–H and O–H groups in total. The van der Waals surface area contributed by atoms with Crippen molar-refractivity contribution in [2.75, 3.05) is 211 Å². The highest BCUT2D eigenvalue weighted by Gasteiger charge is 2.08. The van der Waals surface area contributed by atoms with Gasteiger partial charge in [-0.15, -0.1) is 0 Å². The number of carbonyl (C=O) groups is 4. The normalized spacial score (nSPS) is 11.2. The fraction of sp³-hybridized carbons (Fsp3) is 0.708. The van der Waals surface area contributed by atoms with Crippen molar-refractivity contribution in [2.24, 2.45) is 0 Å². The van der Waals surface area contributed by atoms with Crippen LogP contribution in [-0.2, 0) is 85.4 Å². The summed E-state index contributed by atoms with van der Waals surface area (Å²) < 4.78 is 86.8. The van der Waals surface area contributed by atoms with Gasteiger partial charge in [-0.05, 0) is 24.3 Å². The van der Waals surface area contributed by atoms with E-state index in [-0.39, 0.29) is 64.2 Å². The summed E-state index contributed by atoms with van der Waals surface area (Å²) in [7, 11) is 0. The summed E-state index contributed by atoms with van der Waals surface area (Å²) in [6, 6.07) is 6.34. The van der Waals surface area contributed by atoms with Crippen LogP contribution in [0.1, 0.15) is 33.6 Å². The highest BCUT2D eigenvalue weighted by molar-refractivity contribution is 5.94. The smallest absolute Gasteiger partial charge is 0.307 e. The highest BCUT2D eigenvalue weighted by Crippen LogP contribution is 1.97. The Kier molecular flexibility index (Phi) is 46.1. The second-order valence-electron chi connectivity index (χ2n) is 14.7. The van der Waals surface area contributed by atoms with Crippen LogP contribution in [0.5, 0.6) is 0 Å². The Morgan fingerprint density at radius 1 is 0.297 bits per heavy atom. The van der Waals surface area contributed by atoms with Crippen molar-refractivity contribution in [2.45, 2.75) is 12.8 Å². The Balaban J connectivity index is 1.12. The van der Waals surface area contributed by atoms with E-state index in [1.54, 1.807) is 24.3 Å². The number of nitrogens with zero attached hydrogens (tertiary/aromatic N) is 2. The van der Waals surface area contributed by atoms with Gasteiger partial charge in [0.15, 0.2) is 0 Å². The van der Waals surface area contributed by atoms with Crippen LogP contribution in [0.25, 0.3) is 0 Å². The standard InChI is InChI=1S/C48H80N6O20/c55-45(5-11-51-53-47(57)43-1-7-49-8-2-43)73-41-39-71-37-35-69-33-31-67-29-27-65-25-23-63-21-19-61-17-15-59-13-14-60-16-18-62-20-22-64-24-26-66-28-30-68-32-34-70-36-38-72-40-42-74-46(56)6-12-52-54-48(58)44-3-9-50-10-4-44/h1-4,7-10,51-52H,5-6,11-42H2,(H,53,57)(H,54,58). The molecular formula is C48H80N6O20. The lowest BCUT2D eigenvalue weighted by Crippen LogP contribution is -2.38. The number of esters is 2. The average Bonchev–Trinajstić information content (AvgIpc) is 3.42. The molecule has 0 aliphatic rings. The van der Waals surface area contributed by atoms with Crippen LogP contribution in [0.15, 0.2) is 49.1 Å². The van der Waals surface area contributed by atoms with Crippen LogP contribution in [-0.4, -0.2) is 245 Å². The lowest BCUT2D eigenvalue weighted by atomic mass is 10.3. The number of carbonyl (C=O) groups excluding carboxylic acids is 4. The molecule has 0 aliphatic heterocycles. The molecule has 0 unspecified atom stereocenters. The van der Waals surface area contributed by atoms with E-state index in [0.29, 0.717) is 183 Å². The van der Waals surface area contributed by atoms with E-state index in [2.05, 4.69) is 31.7 Å². The first-order valence-electron chi connectivity index (χ1n) is 24.8. The van der Waals surface area contributed by atoms with Gasteiger partial charge in [-0.2, -0.15) is 0 Å². The monoisotopic (exact) mass is 1060 g/mol. The van der Waals surface area contributed by atoms with Crippen molar-refractivity contribution in [3.63, 3.8) is 0 Å². The zero-order valence-electron chi connectivity index (χ0n) is 42.7. The van der Waals surface area contributed by atoms with Gasteiger partial charge in [-0.25, -0.2) is 10.9 Å². The molecule has 0 spiro atoms. The predicted molar refractivity (Wildman–Crippen MR) is 262 cm³/mol. The van der Waals surface area contributed by atoms with Crippen molar-refractivity contribution < 1.29 is 95.0 Å². The summed E-state index contributed by atoms with van der Waals surface area (Å²) >= 11 is 0. The zero-order valence-corrected chi connectivity index (χ0v) is 42.7. The maximum atomic E-state index is 11.9. The van der Waals surface area contributed by atoms with E-state index in [9.17, 15) is 19.2 Å². The van der Waals surface area contributed by atoms with Crippen LogP contribution >= 0.6 is 0 Å². The Hall–Kier alpha value is -4.46. The lowest BCUT2D eigenvalue weighted by molar-refractivity contribution is -0.146. The number of ether oxygens (including phenoxy) is 16. The number of nitrogens with one attached hydrogen (secondary N) is 4. The third-order valence-corrected chi connectivity index (χ3v) is 9.01. The summed E-state index contributed by atoms with van der Waals surface area (Å²) in [4.78, 5) is 55.0. The van der Waals surface area contributed by atoms with Crippen molar-refractivity contribution in [3.05, 3.63) is 60.2 Å². The maximum Gasteiger partial charge on any atom is 0.307 e. The first-order chi connectivity index (χ1) is 36.6. The Labute approximate surface area is 433 Å². The molecule has 26 heteroatoms. The van der Waals surface area contributed by atoms with E-state index in [4.69, 9.17) is 75.8 Å². The van der Waals surface area contributed by atoms with Gasteiger partial charge in [0.05, 0.1) is 198 Å². The molecule has 26 nitrogen and oxygen atoms in total. The summed E-state index contributed by atoms with van der Waals surface area (Å²) in [5.41, 5.74) is 11.3. The molecule has 2 heterocycles. The molecule has 0 aliphatic carbocycles. The number of hydrogen-bond acceptors (Lipinski definition) is 24. The number of amides is 2. The molecule has 0 bridgehead atoms. The minimum atomic E-state index is -0.401. The average molecular weight is 1060 g/mol. The quantitative estimate of drug-likeness (QED) is 0.0377. The Morgan fingerprint density at radius 2 is 0.486 bits per heavy atom. The second-order valence-corrected chi connectivity index (χ2v) is 14.7. The van der Waals surface area contributed by atoms with Crippen molar-refractivity contribution in [1.82, 2.24) is 31.7 Å². The fourth-order valence-corrected chi connectivity index (χ4v) is 5.30. The Bertz CT molecular complexity index is 1480. The van der Waals surface area contributed by atoms with Gasteiger partial charge in [0, 0.05) is 49.0 Å². The fourth-order valence-electron chi connectivity index (χ4n) is 5.30. The van der Waals surface area contributed by atoms with E-state index in [1.807, 2.05) is 0 Å². The first-order valence-corrected chi connectivity index (χ1v) is 24.8. The number of rotatable bonds is 55. The molecule has 2 amide bonds. The van der Waals surface area contributed by atoms with Crippen LogP contribution in [0.4, 0.5) is 0 Å². The molecule has 0 aromatic carbocycles. The van der Waals surface area contributed by atoms with Gasteiger partial charge in [0.25, 0.3) is 11.8 Å². The summed E-state index contributed by atoms with van der Waals surface area (Å²) in [6.45, 7) is 12.7. The molecule has 0 saturated heterocycles. The lowest BCUT2D eigenvalue weighted by Gasteiger charge is -2.09. The van der Waals surface area contributed by atoms with E-state index < -0.39 is 11.9 Å². The topological polar surface area (TPSA) is 290 Å². The minimum absolute atomic E-state index is 0.0969. The van der Waals surface area contributed by atoms with Crippen LogP contribution < -0.4 is 21.7 Å². The summed E-state index contributed by atoms with van der Waals surface area (Å²) in [6.07, 6.45) is 6.28. The van der Waals surface area contributed by atoms with Crippen molar-refractivity contribution in [3.8, 4) is 0 Å². The molecule has 2 aromatic heterocycles. The third kappa shape index (κ3) is 43.9. The molecule has 2 rings (SSSR count). The van der Waals surface area contributed by atoms with E-state index in [0.717, 1.165) is 0 Å². The predicted octanol–water partition coefficient (Wildman–Crippen LogP) is -0.255. The molecule has 0 saturated carbocycles. The maximum absolute atomic E-state index is 11.9. The van der Waals surface area contributed by atoms with Crippen LogP contribution in [0.3, 0.4) is 0 Å². The van der Waals surface area contributed by atoms with Crippen molar-refractivity contribution >= 4 is 23.8 Å². The molecule has 74 heavy (non-hydrogen) atoms. The van der Waals surface area contributed by atoms with Gasteiger partial charge in [-0.1, -0.05) is 0 Å². The number of hydrazine groups is 2. The molecule has 422 valence electrons. The second kappa shape index (κ2) is 52.0. The molecule has 0 radical (unpaired) electrons. The first kappa shape index (κ1) is 65.7. The molecule has 0 fully saturated rings. The Morgan fingerprint density at radius 3 is 0.689 bits per heavy atom. The molecule has 2 aromatic rings. The SMILES string of the molecule is O=C(CCNNC(=O)c1ccncc1)OCCOCCOCCOCCOCCOCCOCCOCCOCCOCCOCCOCCOCCOCCOCCOC(=O)CCNNC(=O)c1ccncc1. The van der Waals surface area contributed by atoms with Gasteiger partial charge >= 0.3 is 11.9 Å². The molecular weight excluding hydrogens is 981 g/mol. The van der Waals surface area contributed by atoms with Gasteiger partial charge in [-0.3, -0.25) is 40.0 Å². The number of pyridine rings is 2. The molecule has 0 atom stereocenters. The zero-order chi connectivity index (χ0) is 52.7. The summed E-state index contributed by atoms with van der Waals surface area (Å²) in [5.74, 6) is -1.44. The van der Waals surface area contributed by atoms with Crippen LogP contribution in [0.2, 0.25) is 0 Å². The van der Waals surface area contributed by atoms with Gasteiger partial charge in [0.1, 0.15) is 13.2 Å². The third-order valence-electron chi connectivity index (χ3n) is 9.01. The largest absolute Gasteiger partial charge is 0.463 e. The number of aromatic nitrogens is 2. The van der Waals surface area contributed by atoms with Gasteiger partial charge in [0.2, 0.25) is 0 Å². The minimum Gasteiger partial charge on any atom is -0.463 e. The highest BCUT2D eigenvalue weighted by atomic mass is 16.6. The van der Waals surface area contributed by atoms with E-state index in [1.165, 1.54) is 24.8 Å². The summed E-state index contributed by atoms with van der Waals surface area (Å²) in [5, 5.41) is 0.